The molecule has 2 atom stereocenters. The van der Waals surface area contributed by atoms with Gasteiger partial charge in [-0.2, -0.15) is 5.10 Å². The van der Waals surface area contributed by atoms with Gasteiger partial charge in [0.1, 0.15) is 17.2 Å². The predicted octanol–water partition coefficient (Wildman–Crippen LogP) is 7.64. The van der Waals surface area contributed by atoms with E-state index in [1.165, 1.54) is 0 Å². The summed E-state index contributed by atoms with van der Waals surface area (Å²) in [5.74, 6) is 2.57. The first-order chi connectivity index (χ1) is 16.6. The molecule has 7 heteroatoms. The van der Waals surface area contributed by atoms with Crippen LogP contribution in [0, 0.1) is 0 Å². The van der Waals surface area contributed by atoms with Gasteiger partial charge >= 0.3 is 0 Å². The largest absolute Gasteiger partial charge is 0.497 e. The Bertz CT molecular complexity index is 1200. The molecule has 2 aliphatic heterocycles. The van der Waals surface area contributed by atoms with Crippen molar-refractivity contribution in [2.24, 2.45) is 5.10 Å². The van der Waals surface area contributed by atoms with Crippen LogP contribution in [0.15, 0.2) is 74.7 Å². The molecular formula is C27H26Br2N2O3. The fourth-order valence-electron chi connectivity index (χ4n) is 4.36. The third-order valence-electron chi connectivity index (χ3n) is 6.16. The number of methoxy groups -OCH3 is 1. The molecule has 5 nitrogen and oxygen atoms in total. The van der Waals surface area contributed by atoms with E-state index in [-0.39, 0.29) is 12.3 Å². The molecule has 0 spiro atoms. The summed E-state index contributed by atoms with van der Waals surface area (Å²) >= 11 is 7.34. The maximum absolute atomic E-state index is 6.54. The van der Waals surface area contributed by atoms with E-state index in [4.69, 9.17) is 19.3 Å². The highest BCUT2D eigenvalue weighted by Crippen LogP contribution is 2.51. The van der Waals surface area contributed by atoms with Gasteiger partial charge in [-0.25, -0.2) is 5.01 Å². The Morgan fingerprint density at radius 1 is 1.03 bits per heavy atom. The van der Waals surface area contributed by atoms with E-state index in [2.05, 4.69) is 62.0 Å². The van der Waals surface area contributed by atoms with Gasteiger partial charge in [0.15, 0.2) is 0 Å². The Morgan fingerprint density at radius 2 is 1.76 bits per heavy atom. The second-order valence-electron chi connectivity index (χ2n) is 8.42. The molecule has 3 aromatic carbocycles. The van der Waals surface area contributed by atoms with Crippen LogP contribution in [0.2, 0.25) is 0 Å². The van der Waals surface area contributed by atoms with Gasteiger partial charge in [-0.15, -0.1) is 0 Å². The van der Waals surface area contributed by atoms with Crippen molar-refractivity contribution in [2.45, 2.75) is 38.5 Å². The first kappa shape index (κ1) is 23.2. The molecule has 176 valence electrons. The zero-order valence-electron chi connectivity index (χ0n) is 19.1. The molecule has 34 heavy (non-hydrogen) atoms. The van der Waals surface area contributed by atoms with Crippen LogP contribution in [-0.4, -0.2) is 24.4 Å². The topological polar surface area (TPSA) is 43.3 Å². The monoisotopic (exact) mass is 584 g/mol. The highest BCUT2D eigenvalue weighted by Gasteiger charge is 2.42. The Hall–Kier alpha value is -2.51. The van der Waals surface area contributed by atoms with Crippen LogP contribution in [-0.2, 0) is 0 Å². The van der Waals surface area contributed by atoms with Crippen LogP contribution in [0.1, 0.15) is 55.1 Å². The molecule has 0 aromatic heterocycles. The van der Waals surface area contributed by atoms with Crippen LogP contribution >= 0.6 is 31.9 Å². The second kappa shape index (κ2) is 10.0. The number of fused-ring (bicyclic) bond motifs is 3. The highest BCUT2D eigenvalue weighted by atomic mass is 79.9. The summed E-state index contributed by atoms with van der Waals surface area (Å²) in [6.07, 6.45) is 2.64. The summed E-state index contributed by atoms with van der Waals surface area (Å²) in [6, 6.07) is 20.5. The quantitative estimate of drug-likeness (QED) is 0.267. The molecule has 2 aliphatic rings. The number of rotatable bonds is 7. The molecule has 0 aliphatic carbocycles. The number of hydrogen-bond acceptors (Lipinski definition) is 5. The Labute approximate surface area is 217 Å². The first-order valence-electron chi connectivity index (χ1n) is 11.5. The van der Waals surface area contributed by atoms with Gasteiger partial charge in [-0.1, -0.05) is 29.3 Å². The van der Waals surface area contributed by atoms with Gasteiger partial charge in [0.2, 0.25) is 6.23 Å². The van der Waals surface area contributed by atoms with Crippen molar-refractivity contribution < 1.29 is 14.2 Å². The summed E-state index contributed by atoms with van der Waals surface area (Å²) in [4.78, 5) is 0. The average molecular weight is 586 g/mol. The molecule has 0 N–H and O–H groups in total. The Balaban J connectivity index is 1.48. The van der Waals surface area contributed by atoms with Crippen LogP contribution in [0.4, 0.5) is 0 Å². The summed E-state index contributed by atoms with van der Waals surface area (Å²) < 4.78 is 19.7. The lowest BCUT2D eigenvalue weighted by Gasteiger charge is -2.38. The van der Waals surface area contributed by atoms with Gasteiger partial charge < -0.3 is 14.2 Å². The third kappa shape index (κ3) is 4.56. The number of hydrazone groups is 1. The lowest BCUT2D eigenvalue weighted by atomic mass is 9.96. The molecule has 0 saturated carbocycles. The molecule has 2 unspecified atom stereocenters. The van der Waals surface area contributed by atoms with Crippen molar-refractivity contribution >= 4 is 37.6 Å². The third-order valence-corrected chi connectivity index (χ3v) is 7.21. The molecule has 3 aromatic rings. The lowest BCUT2D eigenvalue weighted by molar-refractivity contribution is -0.0197. The van der Waals surface area contributed by atoms with Crippen LogP contribution < -0.4 is 14.2 Å². The van der Waals surface area contributed by atoms with Gasteiger partial charge in [-0.05, 0) is 88.6 Å². The van der Waals surface area contributed by atoms with E-state index in [1.54, 1.807) is 7.11 Å². The average Bonchev–Trinajstić information content (AvgIpc) is 3.30. The number of hydrogen-bond donors (Lipinski definition) is 0. The smallest absolute Gasteiger partial charge is 0.213 e. The molecule has 0 bridgehead atoms. The highest BCUT2D eigenvalue weighted by molar-refractivity contribution is 9.11. The van der Waals surface area contributed by atoms with Crippen molar-refractivity contribution in [3.8, 4) is 17.2 Å². The minimum absolute atomic E-state index is 0.0696. The van der Waals surface area contributed by atoms with Crippen molar-refractivity contribution in [3.05, 3.63) is 86.3 Å². The second-order valence-corrected chi connectivity index (χ2v) is 10.2. The van der Waals surface area contributed by atoms with Crippen LogP contribution in [0.5, 0.6) is 17.2 Å². The van der Waals surface area contributed by atoms with Gasteiger partial charge in [0, 0.05) is 22.0 Å². The molecule has 2 heterocycles. The molecule has 0 saturated heterocycles. The van der Waals surface area contributed by atoms with Gasteiger partial charge in [-0.3, -0.25) is 0 Å². The van der Waals surface area contributed by atoms with E-state index in [9.17, 15) is 0 Å². The fraction of sp³-hybridized carbons (Fsp3) is 0.296. The molecule has 0 amide bonds. The van der Waals surface area contributed by atoms with Gasteiger partial charge in [0.05, 0.1) is 29.9 Å². The van der Waals surface area contributed by atoms with Crippen molar-refractivity contribution in [2.75, 3.05) is 13.7 Å². The maximum atomic E-state index is 6.54. The van der Waals surface area contributed by atoms with E-state index in [0.717, 1.165) is 74.5 Å². The Morgan fingerprint density at radius 3 is 2.47 bits per heavy atom. The van der Waals surface area contributed by atoms with E-state index in [0.29, 0.717) is 0 Å². The standard InChI is InChI=1S/C27H26Br2N2O3/c1-3-4-13-33-21-11-5-17(6-12-21)24-16-25-22-14-19(28)15-23(29)26(22)34-27(31(25)30-24)18-7-9-20(32-2)10-8-18/h5-12,14-15,25,27H,3-4,13,16H2,1-2H3. The maximum Gasteiger partial charge on any atom is 0.213 e. The number of benzene rings is 3. The minimum Gasteiger partial charge on any atom is -0.497 e. The minimum atomic E-state index is -0.338. The molecule has 0 fully saturated rings. The fourth-order valence-corrected chi connectivity index (χ4v) is 5.71. The summed E-state index contributed by atoms with van der Waals surface area (Å²) in [5.41, 5.74) is 4.28. The van der Waals surface area contributed by atoms with E-state index < -0.39 is 0 Å². The first-order valence-corrected chi connectivity index (χ1v) is 13.0. The number of unbranched alkanes of at least 4 members (excludes halogenated alkanes) is 1. The van der Waals surface area contributed by atoms with Gasteiger partial charge in [0.25, 0.3) is 0 Å². The number of ether oxygens (including phenoxy) is 3. The van der Waals surface area contributed by atoms with Crippen LogP contribution in [0.25, 0.3) is 0 Å². The Kier molecular flexibility index (Phi) is 6.84. The molecule has 0 radical (unpaired) electrons. The summed E-state index contributed by atoms with van der Waals surface area (Å²) in [5, 5.41) is 7.15. The summed E-state index contributed by atoms with van der Waals surface area (Å²) in [6.45, 7) is 2.91. The zero-order chi connectivity index (χ0) is 23.7. The van der Waals surface area contributed by atoms with Crippen molar-refractivity contribution in [3.63, 3.8) is 0 Å². The van der Waals surface area contributed by atoms with Crippen LogP contribution in [0.3, 0.4) is 0 Å². The number of halogens is 2. The zero-order valence-corrected chi connectivity index (χ0v) is 22.3. The lowest BCUT2D eigenvalue weighted by Crippen LogP contribution is -2.33. The van der Waals surface area contributed by atoms with E-state index >= 15 is 0 Å². The predicted molar refractivity (Wildman–Crippen MR) is 141 cm³/mol. The molecular weight excluding hydrogens is 560 g/mol. The van der Waals surface area contributed by atoms with E-state index in [1.807, 2.05) is 42.5 Å². The normalized spacial score (nSPS) is 18.6. The number of nitrogens with zero attached hydrogens (tertiary/aromatic N) is 2. The van der Waals surface area contributed by atoms with Crippen molar-refractivity contribution in [1.29, 1.82) is 0 Å². The summed E-state index contributed by atoms with van der Waals surface area (Å²) in [7, 11) is 1.67. The van der Waals surface area contributed by atoms with Crippen molar-refractivity contribution in [1.82, 2.24) is 5.01 Å². The molecule has 5 rings (SSSR count). The SMILES string of the molecule is CCCCOc1ccc(C2=NN3C(C2)c2cc(Br)cc(Br)c2OC3c2ccc(OC)cc2)cc1.